The maximum absolute atomic E-state index is 12.3. The van der Waals surface area contributed by atoms with Crippen molar-refractivity contribution < 1.29 is 4.79 Å². The molecule has 1 N–H and O–H groups in total. The Labute approximate surface area is 213 Å². The van der Waals surface area contributed by atoms with E-state index in [1.54, 1.807) is 4.90 Å². The third-order valence-electron chi connectivity index (χ3n) is 7.96. The SMILES string of the molecule is CN1C(=O)Nc2cccc3c(-c4ccc(-c5ccc6ccc7cccc8ccc5c6c78)cc4)ccc1c23. The molecule has 0 aliphatic carbocycles. The van der Waals surface area contributed by atoms with Gasteiger partial charge in [0, 0.05) is 12.4 Å². The number of urea groups is 1. The highest BCUT2D eigenvalue weighted by molar-refractivity contribution is 6.25. The van der Waals surface area contributed by atoms with Crippen LogP contribution in [-0.2, 0) is 0 Å². The summed E-state index contributed by atoms with van der Waals surface area (Å²) in [7, 11) is 1.81. The van der Waals surface area contributed by atoms with E-state index in [4.69, 9.17) is 0 Å². The number of rotatable bonds is 2. The topological polar surface area (TPSA) is 32.3 Å². The number of nitrogens with zero attached hydrogens (tertiary/aromatic N) is 1. The molecular weight excluding hydrogens is 452 g/mol. The first-order valence-electron chi connectivity index (χ1n) is 12.6. The Morgan fingerprint density at radius 3 is 1.84 bits per heavy atom. The van der Waals surface area contributed by atoms with Gasteiger partial charge in [-0.05, 0) is 72.1 Å². The van der Waals surface area contributed by atoms with E-state index in [9.17, 15) is 4.79 Å². The van der Waals surface area contributed by atoms with Crippen LogP contribution in [0.3, 0.4) is 0 Å². The van der Waals surface area contributed by atoms with Crippen LogP contribution in [0.4, 0.5) is 16.2 Å². The van der Waals surface area contributed by atoms with Crippen molar-refractivity contribution in [2.24, 2.45) is 0 Å². The van der Waals surface area contributed by atoms with Gasteiger partial charge in [-0.2, -0.15) is 0 Å². The molecule has 1 heterocycles. The van der Waals surface area contributed by atoms with Crippen LogP contribution in [-0.4, -0.2) is 13.1 Å². The summed E-state index contributed by atoms with van der Waals surface area (Å²) >= 11 is 0. The van der Waals surface area contributed by atoms with E-state index < -0.39 is 0 Å². The van der Waals surface area contributed by atoms with Crippen LogP contribution in [0.15, 0.2) is 109 Å². The second kappa shape index (κ2) is 7.31. The number of anilines is 2. The quantitative estimate of drug-likeness (QED) is 0.249. The predicted molar refractivity (Wildman–Crippen MR) is 156 cm³/mol. The molecule has 0 atom stereocenters. The van der Waals surface area contributed by atoms with Crippen LogP contribution in [0.2, 0.25) is 0 Å². The summed E-state index contributed by atoms with van der Waals surface area (Å²) in [6.07, 6.45) is 0. The summed E-state index contributed by atoms with van der Waals surface area (Å²) in [5.74, 6) is 0. The second-order valence-corrected chi connectivity index (χ2v) is 9.90. The molecule has 1 aliphatic rings. The van der Waals surface area contributed by atoms with Gasteiger partial charge >= 0.3 is 6.03 Å². The molecule has 37 heavy (non-hydrogen) atoms. The number of amides is 2. The van der Waals surface area contributed by atoms with Crippen molar-refractivity contribution in [1.29, 1.82) is 0 Å². The average molecular weight is 475 g/mol. The normalized spacial score (nSPS) is 13.2. The predicted octanol–water partition coefficient (Wildman–Crippen LogP) is 9.05. The van der Waals surface area contributed by atoms with Crippen molar-refractivity contribution in [3.8, 4) is 22.3 Å². The number of carbonyl (C=O) groups is 1. The van der Waals surface area contributed by atoms with Gasteiger partial charge in [0.05, 0.1) is 11.4 Å². The van der Waals surface area contributed by atoms with Crippen molar-refractivity contribution in [3.05, 3.63) is 109 Å². The van der Waals surface area contributed by atoms with Gasteiger partial charge < -0.3 is 5.32 Å². The largest absolute Gasteiger partial charge is 0.326 e. The Hall–Kier alpha value is -4.89. The third kappa shape index (κ3) is 2.80. The fourth-order valence-corrected chi connectivity index (χ4v) is 6.15. The number of nitrogens with one attached hydrogen (secondary N) is 1. The molecule has 0 bridgehead atoms. The summed E-state index contributed by atoms with van der Waals surface area (Å²) < 4.78 is 0. The summed E-state index contributed by atoms with van der Waals surface area (Å²) in [6.45, 7) is 0. The molecule has 174 valence electrons. The molecule has 0 fully saturated rings. The highest BCUT2D eigenvalue weighted by Gasteiger charge is 2.23. The molecule has 2 amide bonds. The van der Waals surface area contributed by atoms with Crippen LogP contribution >= 0.6 is 0 Å². The Bertz CT molecular complexity index is 2020. The molecule has 0 saturated carbocycles. The highest BCUT2D eigenvalue weighted by atomic mass is 16.2. The lowest BCUT2D eigenvalue weighted by molar-refractivity contribution is 0.258. The molecule has 8 rings (SSSR count). The van der Waals surface area contributed by atoms with E-state index in [2.05, 4.69) is 102 Å². The van der Waals surface area contributed by atoms with E-state index in [1.165, 1.54) is 43.4 Å². The first kappa shape index (κ1) is 20.3. The van der Waals surface area contributed by atoms with Crippen molar-refractivity contribution in [2.45, 2.75) is 0 Å². The number of carbonyl (C=O) groups excluding carboxylic acids is 1. The van der Waals surface area contributed by atoms with Crippen LogP contribution < -0.4 is 10.2 Å². The van der Waals surface area contributed by atoms with Gasteiger partial charge in [-0.15, -0.1) is 0 Å². The van der Waals surface area contributed by atoms with Crippen molar-refractivity contribution in [1.82, 2.24) is 0 Å². The fourth-order valence-electron chi connectivity index (χ4n) is 6.15. The van der Waals surface area contributed by atoms with Gasteiger partial charge in [-0.3, -0.25) is 4.90 Å². The zero-order valence-electron chi connectivity index (χ0n) is 20.2. The molecule has 0 saturated heterocycles. The Kier molecular flexibility index (Phi) is 4.01. The molecule has 0 spiro atoms. The van der Waals surface area contributed by atoms with Crippen LogP contribution in [0, 0.1) is 0 Å². The lowest BCUT2D eigenvalue weighted by Crippen LogP contribution is -2.34. The van der Waals surface area contributed by atoms with E-state index in [-0.39, 0.29) is 6.03 Å². The van der Waals surface area contributed by atoms with E-state index >= 15 is 0 Å². The van der Waals surface area contributed by atoms with Gasteiger partial charge in [-0.1, -0.05) is 97.1 Å². The smallest absolute Gasteiger partial charge is 0.307 e. The van der Waals surface area contributed by atoms with Crippen molar-refractivity contribution in [2.75, 3.05) is 17.3 Å². The molecule has 3 nitrogen and oxygen atoms in total. The standard InChI is InChI=1S/C34H22N2O/c1-36-30-19-18-26(27-6-3-7-29(33(27)30)35-34(36)37)21-10-8-20(9-11-21)25-16-14-24-13-12-22-4-2-5-23-15-17-28(25)32(24)31(22)23/h2-19H,1H3,(H,35,37). The molecule has 7 aromatic carbocycles. The van der Waals surface area contributed by atoms with Crippen LogP contribution in [0.1, 0.15) is 0 Å². The van der Waals surface area contributed by atoms with Crippen LogP contribution in [0.25, 0.3) is 65.3 Å². The fraction of sp³-hybridized carbons (Fsp3) is 0.0294. The minimum Gasteiger partial charge on any atom is -0.307 e. The Morgan fingerprint density at radius 2 is 1.11 bits per heavy atom. The number of hydrogen-bond donors (Lipinski definition) is 1. The molecule has 0 radical (unpaired) electrons. The summed E-state index contributed by atoms with van der Waals surface area (Å²) in [5.41, 5.74) is 6.57. The van der Waals surface area contributed by atoms with Crippen molar-refractivity contribution >= 4 is 60.5 Å². The average Bonchev–Trinajstić information content (AvgIpc) is 2.94. The molecule has 0 unspecified atom stereocenters. The second-order valence-electron chi connectivity index (χ2n) is 9.90. The monoisotopic (exact) mass is 474 g/mol. The lowest BCUT2D eigenvalue weighted by atomic mass is 9.89. The first-order chi connectivity index (χ1) is 18.2. The molecule has 7 aromatic rings. The highest BCUT2D eigenvalue weighted by Crippen LogP contribution is 2.43. The molecule has 1 aliphatic heterocycles. The van der Waals surface area contributed by atoms with Gasteiger partial charge in [0.1, 0.15) is 0 Å². The summed E-state index contributed by atoms with van der Waals surface area (Å²) in [5, 5.41) is 13.0. The van der Waals surface area contributed by atoms with E-state index in [0.29, 0.717) is 0 Å². The summed E-state index contributed by atoms with van der Waals surface area (Å²) in [4.78, 5) is 14.0. The van der Waals surface area contributed by atoms with E-state index in [1.807, 2.05) is 19.2 Å². The number of hydrogen-bond acceptors (Lipinski definition) is 1. The van der Waals surface area contributed by atoms with E-state index in [0.717, 1.165) is 33.3 Å². The molecular formula is C34H22N2O. The zero-order valence-corrected chi connectivity index (χ0v) is 20.2. The lowest BCUT2D eigenvalue weighted by Gasteiger charge is -2.27. The summed E-state index contributed by atoms with van der Waals surface area (Å²) in [6, 6.07) is 39.1. The van der Waals surface area contributed by atoms with Gasteiger partial charge in [-0.25, -0.2) is 4.79 Å². The zero-order chi connectivity index (χ0) is 24.7. The molecule has 0 aromatic heterocycles. The number of benzene rings is 7. The van der Waals surface area contributed by atoms with Crippen molar-refractivity contribution in [3.63, 3.8) is 0 Å². The Morgan fingerprint density at radius 1 is 0.541 bits per heavy atom. The van der Waals surface area contributed by atoms with Gasteiger partial charge in [0.25, 0.3) is 0 Å². The molecule has 3 heteroatoms. The minimum absolute atomic E-state index is 0.106. The first-order valence-corrected chi connectivity index (χ1v) is 12.6. The Balaban J connectivity index is 1.28. The third-order valence-corrected chi connectivity index (χ3v) is 7.96. The maximum atomic E-state index is 12.3. The van der Waals surface area contributed by atoms with Crippen LogP contribution in [0.5, 0.6) is 0 Å². The van der Waals surface area contributed by atoms with Gasteiger partial charge in [0.2, 0.25) is 0 Å². The van der Waals surface area contributed by atoms with Gasteiger partial charge in [0.15, 0.2) is 0 Å². The minimum atomic E-state index is -0.106. The maximum Gasteiger partial charge on any atom is 0.326 e.